The Bertz CT molecular complexity index is 358. The number of anilines is 1. The van der Waals surface area contributed by atoms with Gasteiger partial charge in [0.15, 0.2) is 17.5 Å². The third-order valence-corrected chi connectivity index (χ3v) is 1.91. The molecule has 0 fully saturated rings. The van der Waals surface area contributed by atoms with E-state index in [0.29, 0.717) is 12.7 Å². The van der Waals surface area contributed by atoms with Crippen LogP contribution < -0.4 is 10.5 Å². The van der Waals surface area contributed by atoms with Crippen LogP contribution in [0.2, 0.25) is 0 Å². The second kappa shape index (κ2) is 5.60. The summed E-state index contributed by atoms with van der Waals surface area (Å²) in [5.41, 5.74) is 5.20. The molecule has 0 aliphatic heterocycles. The first-order valence-electron chi connectivity index (χ1n) is 4.89. The first-order chi connectivity index (χ1) is 7.50. The molecule has 1 aromatic heterocycles. The second-order valence-electron chi connectivity index (χ2n) is 3.65. The van der Waals surface area contributed by atoms with Crippen molar-refractivity contribution in [3.63, 3.8) is 0 Å². The van der Waals surface area contributed by atoms with Gasteiger partial charge in [0.1, 0.15) is 0 Å². The van der Waals surface area contributed by atoms with E-state index in [4.69, 9.17) is 10.5 Å². The van der Waals surface area contributed by atoms with Crippen LogP contribution in [-0.4, -0.2) is 37.1 Å². The van der Waals surface area contributed by atoms with E-state index >= 15 is 0 Å². The van der Waals surface area contributed by atoms with E-state index in [1.807, 2.05) is 19.0 Å². The highest BCUT2D eigenvalue weighted by molar-refractivity contribution is 5.34. The number of pyridine rings is 1. The fourth-order valence-corrected chi connectivity index (χ4v) is 1.11. The van der Waals surface area contributed by atoms with Crippen LogP contribution in [0, 0.1) is 11.6 Å². The van der Waals surface area contributed by atoms with Crippen molar-refractivity contribution in [3.8, 4) is 5.88 Å². The van der Waals surface area contributed by atoms with Crippen molar-refractivity contribution < 1.29 is 13.5 Å². The van der Waals surface area contributed by atoms with E-state index in [0.717, 1.165) is 13.0 Å². The lowest BCUT2D eigenvalue weighted by atomic mass is 10.4. The maximum atomic E-state index is 13.1. The van der Waals surface area contributed by atoms with E-state index in [2.05, 4.69) is 4.98 Å². The Labute approximate surface area is 93.0 Å². The lowest BCUT2D eigenvalue weighted by Crippen LogP contribution is -2.16. The van der Waals surface area contributed by atoms with Crippen LogP contribution in [0.4, 0.5) is 14.6 Å². The predicted molar refractivity (Wildman–Crippen MR) is 57.2 cm³/mol. The average Bonchev–Trinajstić information content (AvgIpc) is 2.19. The Hall–Kier alpha value is -1.43. The topological polar surface area (TPSA) is 51.4 Å². The van der Waals surface area contributed by atoms with E-state index in [1.54, 1.807) is 0 Å². The largest absolute Gasteiger partial charge is 0.475 e. The lowest BCUT2D eigenvalue weighted by Gasteiger charge is -2.10. The van der Waals surface area contributed by atoms with Crippen LogP contribution in [0.25, 0.3) is 0 Å². The van der Waals surface area contributed by atoms with Crippen molar-refractivity contribution in [1.82, 2.24) is 9.88 Å². The molecule has 0 aliphatic carbocycles. The number of hydrogen-bond donors (Lipinski definition) is 1. The third kappa shape index (κ3) is 3.62. The Morgan fingerprint density at radius 2 is 2.06 bits per heavy atom. The zero-order valence-corrected chi connectivity index (χ0v) is 9.33. The summed E-state index contributed by atoms with van der Waals surface area (Å²) in [6.07, 6.45) is 0.728. The van der Waals surface area contributed by atoms with Gasteiger partial charge in [-0.3, -0.25) is 0 Å². The molecule has 1 rings (SSSR count). The van der Waals surface area contributed by atoms with Crippen LogP contribution in [0.5, 0.6) is 5.88 Å². The van der Waals surface area contributed by atoms with E-state index < -0.39 is 11.6 Å². The van der Waals surface area contributed by atoms with Crippen LogP contribution in [0.3, 0.4) is 0 Å². The van der Waals surface area contributed by atoms with Gasteiger partial charge in [-0.1, -0.05) is 0 Å². The molecule has 2 N–H and O–H groups in total. The number of nitrogens with zero attached hydrogens (tertiary/aromatic N) is 2. The van der Waals surface area contributed by atoms with Crippen molar-refractivity contribution in [2.45, 2.75) is 6.42 Å². The fourth-order valence-electron chi connectivity index (χ4n) is 1.11. The van der Waals surface area contributed by atoms with Gasteiger partial charge in [-0.05, 0) is 20.5 Å². The molecule has 0 atom stereocenters. The minimum Gasteiger partial charge on any atom is -0.475 e. The van der Waals surface area contributed by atoms with Gasteiger partial charge in [0.25, 0.3) is 5.88 Å². The van der Waals surface area contributed by atoms with Crippen molar-refractivity contribution in [2.24, 2.45) is 0 Å². The van der Waals surface area contributed by atoms with Gasteiger partial charge in [-0.25, -0.2) is 8.78 Å². The van der Waals surface area contributed by atoms with Gasteiger partial charge in [0, 0.05) is 12.6 Å². The normalized spacial score (nSPS) is 10.8. The molecule has 0 radical (unpaired) electrons. The Morgan fingerprint density at radius 1 is 1.38 bits per heavy atom. The standard InChI is InChI=1S/C10H15F2N3O/c1-15(2)4-3-5-16-10-8(12)6-7(11)9(13)14-10/h6H,3-5H2,1-2H3,(H2,13,14). The molecule has 0 spiro atoms. The molecule has 0 unspecified atom stereocenters. The van der Waals surface area contributed by atoms with Crippen LogP contribution in [-0.2, 0) is 0 Å². The van der Waals surface area contributed by atoms with E-state index in [1.165, 1.54) is 0 Å². The van der Waals surface area contributed by atoms with E-state index in [9.17, 15) is 8.78 Å². The molecule has 90 valence electrons. The van der Waals surface area contributed by atoms with Crippen molar-refractivity contribution in [1.29, 1.82) is 0 Å². The second-order valence-corrected chi connectivity index (χ2v) is 3.65. The number of rotatable bonds is 5. The minimum absolute atomic E-state index is 0.252. The molecule has 4 nitrogen and oxygen atoms in total. The van der Waals surface area contributed by atoms with Crippen LogP contribution >= 0.6 is 0 Å². The van der Waals surface area contributed by atoms with Gasteiger partial charge in [0.2, 0.25) is 0 Å². The third-order valence-electron chi connectivity index (χ3n) is 1.91. The maximum absolute atomic E-state index is 13.1. The number of hydrogen-bond acceptors (Lipinski definition) is 4. The molecule has 1 aromatic rings. The highest BCUT2D eigenvalue weighted by Gasteiger charge is 2.10. The highest BCUT2D eigenvalue weighted by Crippen LogP contribution is 2.18. The first kappa shape index (κ1) is 12.6. The number of nitrogen functional groups attached to an aromatic ring is 1. The van der Waals surface area contributed by atoms with Gasteiger partial charge >= 0.3 is 0 Å². The minimum atomic E-state index is -0.877. The smallest absolute Gasteiger partial charge is 0.252 e. The molecule has 0 aromatic carbocycles. The molecule has 6 heteroatoms. The summed E-state index contributed by atoms with van der Waals surface area (Å²) in [5.74, 6) is -2.32. The number of aromatic nitrogens is 1. The molecular weight excluding hydrogens is 216 g/mol. The van der Waals surface area contributed by atoms with Crippen molar-refractivity contribution >= 4 is 5.82 Å². The lowest BCUT2D eigenvalue weighted by molar-refractivity contribution is 0.261. The number of nitrogens with two attached hydrogens (primary N) is 1. The number of halogens is 2. The van der Waals surface area contributed by atoms with Crippen molar-refractivity contribution in [3.05, 3.63) is 17.7 Å². The molecular formula is C10H15F2N3O. The molecule has 0 bridgehead atoms. The summed E-state index contributed by atoms with van der Waals surface area (Å²) < 4.78 is 31.0. The Morgan fingerprint density at radius 3 is 2.69 bits per heavy atom. The molecule has 0 amide bonds. The fraction of sp³-hybridized carbons (Fsp3) is 0.500. The monoisotopic (exact) mass is 231 g/mol. The summed E-state index contributed by atoms with van der Waals surface area (Å²) in [6, 6.07) is 0.670. The van der Waals surface area contributed by atoms with E-state index in [-0.39, 0.29) is 11.7 Å². The van der Waals surface area contributed by atoms with Gasteiger partial charge in [-0.2, -0.15) is 4.98 Å². The molecule has 0 saturated heterocycles. The predicted octanol–water partition coefficient (Wildman–Crippen LogP) is 1.27. The highest BCUT2D eigenvalue weighted by atomic mass is 19.1. The zero-order chi connectivity index (χ0) is 12.1. The Balaban J connectivity index is 2.51. The van der Waals surface area contributed by atoms with Gasteiger partial charge in [0.05, 0.1) is 6.61 Å². The summed E-state index contributed by atoms with van der Waals surface area (Å²) in [4.78, 5) is 5.46. The zero-order valence-electron chi connectivity index (χ0n) is 9.33. The van der Waals surface area contributed by atoms with Crippen LogP contribution in [0.15, 0.2) is 6.07 Å². The first-order valence-corrected chi connectivity index (χ1v) is 4.89. The van der Waals surface area contributed by atoms with Gasteiger partial charge < -0.3 is 15.4 Å². The van der Waals surface area contributed by atoms with Crippen LogP contribution in [0.1, 0.15) is 6.42 Å². The Kier molecular flexibility index (Phi) is 4.42. The van der Waals surface area contributed by atoms with Crippen molar-refractivity contribution in [2.75, 3.05) is 33.0 Å². The summed E-state index contributed by atoms with van der Waals surface area (Å²) in [7, 11) is 3.85. The molecule has 0 aliphatic rings. The maximum Gasteiger partial charge on any atom is 0.252 e. The summed E-state index contributed by atoms with van der Waals surface area (Å²) >= 11 is 0. The molecule has 1 heterocycles. The average molecular weight is 231 g/mol. The molecule has 16 heavy (non-hydrogen) atoms. The summed E-state index contributed by atoms with van der Waals surface area (Å²) in [5, 5.41) is 0. The SMILES string of the molecule is CN(C)CCCOc1nc(N)c(F)cc1F. The number of ether oxygens (including phenoxy) is 1. The van der Waals surface area contributed by atoms with Gasteiger partial charge in [-0.15, -0.1) is 0 Å². The molecule has 0 saturated carbocycles. The quantitative estimate of drug-likeness (QED) is 0.775. The summed E-state index contributed by atoms with van der Waals surface area (Å²) in [6.45, 7) is 1.13.